The number of furan rings is 1. The van der Waals surface area contributed by atoms with Crippen molar-refractivity contribution in [2.24, 2.45) is 4.99 Å². The summed E-state index contributed by atoms with van der Waals surface area (Å²) in [5.41, 5.74) is 0.904. The molecule has 5 nitrogen and oxygen atoms in total. The number of allylic oxidation sites excluding steroid dienone is 1. The average molecular weight is 314 g/mol. The molecule has 22 heavy (non-hydrogen) atoms. The van der Waals surface area contributed by atoms with E-state index in [2.05, 4.69) is 11.6 Å². The van der Waals surface area contributed by atoms with Crippen molar-refractivity contribution in [2.75, 3.05) is 7.11 Å². The van der Waals surface area contributed by atoms with Gasteiger partial charge in [0.05, 0.1) is 18.1 Å². The Morgan fingerprint density at radius 1 is 1.45 bits per heavy atom. The van der Waals surface area contributed by atoms with Crippen molar-refractivity contribution in [3.63, 3.8) is 0 Å². The zero-order chi connectivity index (χ0) is 15.5. The SMILES string of the molecule is C=CCn1c(=NC(=O)c2ccco2)sc2cccc(OC)c21. The molecule has 0 aliphatic rings. The number of carbonyl (C=O) groups is 1. The molecule has 0 radical (unpaired) electrons. The largest absolute Gasteiger partial charge is 0.495 e. The van der Waals surface area contributed by atoms with E-state index in [-0.39, 0.29) is 5.76 Å². The maximum Gasteiger partial charge on any atom is 0.315 e. The smallest absolute Gasteiger partial charge is 0.315 e. The third-order valence-electron chi connectivity index (χ3n) is 3.12. The minimum absolute atomic E-state index is 0.217. The molecule has 0 bridgehead atoms. The lowest BCUT2D eigenvalue weighted by Crippen LogP contribution is -2.16. The average Bonchev–Trinajstić information content (AvgIpc) is 3.16. The quantitative estimate of drug-likeness (QED) is 0.695. The number of hydrogen-bond acceptors (Lipinski definition) is 4. The van der Waals surface area contributed by atoms with Crippen LogP contribution in [0.15, 0.2) is 58.7 Å². The molecule has 0 atom stereocenters. The Hall–Kier alpha value is -2.60. The van der Waals surface area contributed by atoms with Crippen molar-refractivity contribution in [2.45, 2.75) is 6.54 Å². The first-order valence-electron chi connectivity index (χ1n) is 6.64. The number of benzene rings is 1. The van der Waals surface area contributed by atoms with E-state index in [4.69, 9.17) is 9.15 Å². The zero-order valence-electron chi connectivity index (χ0n) is 12.0. The summed E-state index contributed by atoms with van der Waals surface area (Å²) in [4.78, 5) is 16.9. The van der Waals surface area contributed by atoms with Gasteiger partial charge in [0.15, 0.2) is 10.6 Å². The molecule has 0 saturated carbocycles. The highest BCUT2D eigenvalue weighted by Gasteiger charge is 2.13. The molecule has 3 rings (SSSR count). The van der Waals surface area contributed by atoms with Crippen LogP contribution in [0.25, 0.3) is 10.2 Å². The number of rotatable bonds is 4. The first-order chi connectivity index (χ1) is 10.7. The second kappa shape index (κ2) is 6.03. The van der Waals surface area contributed by atoms with Gasteiger partial charge in [-0.3, -0.25) is 4.79 Å². The van der Waals surface area contributed by atoms with Gasteiger partial charge >= 0.3 is 5.91 Å². The van der Waals surface area contributed by atoms with E-state index >= 15 is 0 Å². The summed E-state index contributed by atoms with van der Waals surface area (Å²) in [6.45, 7) is 4.30. The third kappa shape index (κ3) is 2.48. The fraction of sp³-hybridized carbons (Fsp3) is 0.125. The fourth-order valence-corrected chi connectivity index (χ4v) is 3.24. The monoisotopic (exact) mass is 314 g/mol. The van der Waals surface area contributed by atoms with Gasteiger partial charge in [-0.25, -0.2) is 0 Å². The molecule has 2 heterocycles. The van der Waals surface area contributed by atoms with E-state index in [0.29, 0.717) is 11.3 Å². The molecule has 0 aliphatic heterocycles. The number of thiazole rings is 1. The molecule has 1 amide bonds. The Morgan fingerprint density at radius 3 is 3.00 bits per heavy atom. The van der Waals surface area contributed by atoms with Gasteiger partial charge in [-0.05, 0) is 24.3 Å². The Morgan fingerprint density at radius 2 is 2.32 bits per heavy atom. The molecule has 3 aromatic rings. The number of hydrogen-bond donors (Lipinski definition) is 0. The Kier molecular flexibility index (Phi) is 3.93. The molecule has 0 spiro atoms. The number of para-hydroxylation sites is 1. The van der Waals surface area contributed by atoms with E-state index in [9.17, 15) is 4.79 Å². The van der Waals surface area contributed by atoms with Crippen molar-refractivity contribution in [1.29, 1.82) is 0 Å². The topological polar surface area (TPSA) is 56.7 Å². The molecular formula is C16H14N2O3S. The molecule has 0 aliphatic carbocycles. The highest BCUT2D eigenvalue weighted by atomic mass is 32.1. The van der Waals surface area contributed by atoms with Gasteiger partial charge in [-0.15, -0.1) is 6.58 Å². The second-order valence-electron chi connectivity index (χ2n) is 4.49. The molecule has 0 fully saturated rings. The molecule has 6 heteroatoms. The summed E-state index contributed by atoms with van der Waals surface area (Å²) in [5.74, 6) is 0.547. The molecule has 2 aromatic heterocycles. The van der Waals surface area contributed by atoms with Crippen molar-refractivity contribution in [3.05, 3.63) is 59.8 Å². The minimum atomic E-state index is -0.409. The molecule has 1 aromatic carbocycles. The van der Waals surface area contributed by atoms with E-state index in [0.717, 1.165) is 16.0 Å². The van der Waals surface area contributed by atoms with Crippen LogP contribution in [0.1, 0.15) is 10.6 Å². The van der Waals surface area contributed by atoms with E-state index < -0.39 is 5.91 Å². The lowest BCUT2D eigenvalue weighted by atomic mass is 10.3. The summed E-state index contributed by atoms with van der Waals surface area (Å²) in [5, 5.41) is 0. The van der Waals surface area contributed by atoms with Gasteiger partial charge in [-0.2, -0.15) is 4.99 Å². The summed E-state index contributed by atoms with van der Waals surface area (Å²) >= 11 is 1.43. The van der Waals surface area contributed by atoms with Crippen LogP contribution in [0.3, 0.4) is 0 Å². The fourth-order valence-electron chi connectivity index (χ4n) is 2.19. The highest BCUT2D eigenvalue weighted by molar-refractivity contribution is 7.16. The van der Waals surface area contributed by atoms with E-state index in [1.54, 1.807) is 25.3 Å². The Balaban J connectivity index is 2.23. The Labute approximate surface area is 130 Å². The van der Waals surface area contributed by atoms with Crippen molar-refractivity contribution < 1.29 is 13.9 Å². The van der Waals surface area contributed by atoms with Gasteiger partial charge in [0.2, 0.25) is 0 Å². The molecule has 0 unspecified atom stereocenters. The van der Waals surface area contributed by atoms with Gasteiger partial charge < -0.3 is 13.7 Å². The predicted octanol–water partition coefficient (Wildman–Crippen LogP) is 3.23. The molecule has 0 saturated heterocycles. The number of fused-ring (bicyclic) bond motifs is 1. The lowest BCUT2D eigenvalue weighted by molar-refractivity contribution is 0.0971. The van der Waals surface area contributed by atoms with Crippen LogP contribution in [-0.2, 0) is 6.54 Å². The van der Waals surface area contributed by atoms with Gasteiger partial charge in [0.25, 0.3) is 0 Å². The lowest BCUT2D eigenvalue weighted by Gasteiger charge is -2.05. The molecule has 112 valence electrons. The van der Waals surface area contributed by atoms with Gasteiger partial charge in [0, 0.05) is 6.54 Å². The number of nitrogens with zero attached hydrogens (tertiary/aromatic N) is 2. The number of carbonyl (C=O) groups excluding carboxylic acids is 1. The maximum absolute atomic E-state index is 12.1. The maximum atomic E-state index is 12.1. The zero-order valence-corrected chi connectivity index (χ0v) is 12.8. The normalized spacial score (nSPS) is 11.8. The van der Waals surface area contributed by atoms with Crippen LogP contribution in [-0.4, -0.2) is 17.6 Å². The predicted molar refractivity (Wildman–Crippen MR) is 85.2 cm³/mol. The first-order valence-corrected chi connectivity index (χ1v) is 7.46. The van der Waals surface area contributed by atoms with Crippen molar-refractivity contribution >= 4 is 27.5 Å². The van der Waals surface area contributed by atoms with E-state index in [1.807, 2.05) is 22.8 Å². The van der Waals surface area contributed by atoms with Crippen LogP contribution in [0, 0.1) is 0 Å². The molecule has 0 N–H and O–H groups in total. The Bertz CT molecular complexity index is 888. The molecular weight excluding hydrogens is 300 g/mol. The number of aromatic nitrogens is 1. The number of ether oxygens (including phenoxy) is 1. The third-order valence-corrected chi connectivity index (χ3v) is 4.17. The summed E-state index contributed by atoms with van der Waals surface area (Å²) in [7, 11) is 1.62. The summed E-state index contributed by atoms with van der Waals surface area (Å²) in [6, 6.07) is 9.02. The van der Waals surface area contributed by atoms with Crippen LogP contribution in [0.4, 0.5) is 0 Å². The van der Waals surface area contributed by atoms with Crippen LogP contribution < -0.4 is 9.54 Å². The summed E-state index contributed by atoms with van der Waals surface area (Å²) in [6.07, 6.45) is 3.21. The van der Waals surface area contributed by atoms with Gasteiger partial charge in [-0.1, -0.05) is 23.5 Å². The first kappa shape index (κ1) is 14.3. The standard InChI is InChI=1S/C16H14N2O3S/c1-3-9-18-14-11(20-2)6-4-8-13(14)22-16(18)17-15(19)12-7-5-10-21-12/h3-8,10H,1,9H2,2H3. The van der Waals surface area contributed by atoms with Crippen molar-refractivity contribution in [3.8, 4) is 5.75 Å². The highest BCUT2D eigenvalue weighted by Crippen LogP contribution is 2.27. The second-order valence-corrected chi connectivity index (χ2v) is 5.49. The van der Waals surface area contributed by atoms with Gasteiger partial charge in [0.1, 0.15) is 11.3 Å². The summed E-state index contributed by atoms with van der Waals surface area (Å²) < 4.78 is 13.4. The number of methoxy groups -OCH3 is 1. The van der Waals surface area contributed by atoms with E-state index in [1.165, 1.54) is 17.6 Å². The minimum Gasteiger partial charge on any atom is -0.495 e. The van der Waals surface area contributed by atoms with Crippen LogP contribution in [0.2, 0.25) is 0 Å². The van der Waals surface area contributed by atoms with Crippen LogP contribution >= 0.6 is 11.3 Å². The van der Waals surface area contributed by atoms with Crippen molar-refractivity contribution in [1.82, 2.24) is 4.57 Å². The number of amides is 1. The van der Waals surface area contributed by atoms with Crippen LogP contribution in [0.5, 0.6) is 5.75 Å².